The molecule has 0 saturated heterocycles. The number of aryl methyl sites for hydroxylation is 1. The van der Waals surface area contributed by atoms with Gasteiger partial charge in [-0.1, -0.05) is 18.2 Å². The molecule has 0 radical (unpaired) electrons. The van der Waals surface area contributed by atoms with Crippen molar-refractivity contribution in [2.45, 2.75) is 0 Å². The highest BCUT2D eigenvalue weighted by Gasteiger charge is 2.16. The summed E-state index contributed by atoms with van der Waals surface area (Å²) in [4.78, 5) is 40.1. The number of pyridine rings is 1. The predicted octanol–water partition coefficient (Wildman–Crippen LogP) is 0.403. The SMILES string of the molecule is Cn1nc(C(=O)NNC(=O)c2ccncc2)c2ccccc2c1=O. The molecule has 3 aromatic rings. The number of rotatable bonds is 2. The first-order valence-corrected chi connectivity index (χ1v) is 7.04. The second kappa shape index (κ2) is 6.29. The highest BCUT2D eigenvalue weighted by atomic mass is 16.2. The van der Waals surface area contributed by atoms with Crippen molar-refractivity contribution in [2.75, 3.05) is 0 Å². The molecule has 0 bridgehead atoms. The van der Waals surface area contributed by atoms with Crippen LogP contribution in [0.4, 0.5) is 0 Å². The summed E-state index contributed by atoms with van der Waals surface area (Å²) in [5.74, 6) is -1.11. The zero-order valence-electron chi connectivity index (χ0n) is 12.7. The van der Waals surface area contributed by atoms with Gasteiger partial charge in [0, 0.05) is 30.4 Å². The number of nitrogens with one attached hydrogen (secondary N) is 2. The molecule has 0 spiro atoms. The van der Waals surface area contributed by atoms with Crippen LogP contribution in [0.2, 0.25) is 0 Å². The fraction of sp³-hybridized carbons (Fsp3) is 0.0625. The summed E-state index contributed by atoms with van der Waals surface area (Å²) in [7, 11) is 1.46. The van der Waals surface area contributed by atoms with Crippen molar-refractivity contribution in [1.29, 1.82) is 0 Å². The van der Waals surface area contributed by atoms with Crippen LogP contribution in [0.5, 0.6) is 0 Å². The van der Waals surface area contributed by atoms with Gasteiger partial charge in [-0.05, 0) is 18.2 Å². The average molecular weight is 323 g/mol. The normalized spacial score (nSPS) is 10.4. The summed E-state index contributed by atoms with van der Waals surface area (Å²) in [6.07, 6.45) is 2.94. The Balaban J connectivity index is 1.86. The first-order valence-electron chi connectivity index (χ1n) is 7.04. The molecule has 8 nitrogen and oxygen atoms in total. The number of hydrazine groups is 1. The number of nitrogens with zero attached hydrogens (tertiary/aromatic N) is 3. The molecule has 0 saturated carbocycles. The molecule has 0 aliphatic carbocycles. The molecule has 0 unspecified atom stereocenters. The molecular formula is C16H13N5O3. The quantitative estimate of drug-likeness (QED) is 0.664. The van der Waals surface area contributed by atoms with E-state index in [4.69, 9.17) is 0 Å². The van der Waals surface area contributed by atoms with Gasteiger partial charge in [0.05, 0.1) is 5.39 Å². The monoisotopic (exact) mass is 323 g/mol. The van der Waals surface area contributed by atoms with E-state index in [1.807, 2.05) is 0 Å². The lowest BCUT2D eigenvalue weighted by Crippen LogP contribution is -2.42. The van der Waals surface area contributed by atoms with Crippen LogP contribution < -0.4 is 16.4 Å². The Morgan fingerprint density at radius 2 is 1.58 bits per heavy atom. The van der Waals surface area contributed by atoms with E-state index in [1.54, 1.807) is 24.3 Å². The lowest BCUT2D eigenvalue weighted by atomic mass is 10.1. The first kappa shape index (κ1) is 15.3. The third-order valence-corrected chi connectivity index (χ3v) is 3.40. The summed E-state index contributed by atoms with van der Waals surface area (Å²) >= 11 is 0. The van der Waals surface area contributed by atoms with Gasteiger partial charge in [-0.3, -0.25) is 30.2 Å². The zero-order valence-corrected chi connectivity index (χ0v) is 12.7. The van der Waals surface area contributed by atoms with Crippen LogP contribution in [0.15, 0.2) is 53.6 Å². The Morgan fingerprint density at radius 1 is 0.958 bits per heavy atom. The van der Waals surface area contributed by atoms with Crippen LogP contribution in [-0.4, -0.2) is 26.6 Å². The van der Waals surface area contributed by atoms with E-state index < -0.39 is 11.8 Å². The number of hydrogen-bond acceptors (Lipinski definition) is 5. The van der Waals surface area contributed by atoms with E-state index in [0.29, 0.717) is 16.3 Å². The highest BCUT2D eigenvalue weighted by Crippen LogP contribution is 2.12. The molecule has 0 aliphatic rings. The standard InChI is InChI=1S/C16H13N5O3/c1-21-16(24)12-5-3-2-4-11(12)13(20-21)15(23)19-18-14(22)10-6-8-17-9-7-10/h2-9H,1H3,(H,18,22)(H,19,23). The topological polar surface area (TPSA) is 106 Å². The van der Waals surface area contributed by atoms with Crippen molar-refractivity contribution in [2.24, 2.45) is 7.05 Å². The van der Waals surface area contributed by atoms with Gasteiger partial charge >= 0.3 is 0 Å². The van der Waals surface area contributed by atoms with Crippen molar-refractivity contribution < 1.29 is 9.59 Å². The highest BCUT2D eigenvalue weighted by molar-refractivity contribution is 6.05. The molecule has 2 heterocycles. The van der Waals surface area contributed by atoms with Crippen LogP contribution in [0, 0.1) is 0 Å². The number of carbonyl (C=O) groups is 2. The third kappa shape index (κ3) is 2.84. The molecule has 2 aromatic heterocycles. The zero-order chi connectivity index (χ0) is 17.1. The molecule has 0 aliphatic heterocycles. The molecule has 24 heavy (non-hydrogen) atoms. The number of hydrogen-bond donors (Lipinski definition) is 2. The van der Waals surface area contributed by atoms with Gasteiger partial charge in [0.1, 0.15) is 0 Å². The lowest BCUT2D eigenvalue weighted by Gasteiger charge is -2.09. The van der Waals surface area contributed by atoms with Crippen molar-refractivity contribution in [3.63, 3.8) is 0 Å². The van der Waals surface area contributed by atoms with Crippen LogP contribution in [0.1, 0.15) is 20.8 Å². The maximum absolute atomic E-state index is 12.3. The van der Waals surface area contributed by atoms with E-state index in [0.717, 1.165) is 4.68 Å². The van der Waals surface area contributed by atoms with Gasteiger partial charge in [0.2, 0.25) is 0 Å². The van der Waals surface area contributed by atoms with Crippen molar-refractivity contribution in [3.8, 4) is 0 Å². The van der Waals surface area contributed by atoms with Gasteiger partial charge in [-0.15, -0.1) is 0 Å². The summed E-state index contributed by atoms with van der Waals surface area (Å²) in [5, 5.41) is 4.77. The number of amides is 2. The number of carbonyl (C=O) groups excluding carboxylic acids is 2. The Labute approximate surface area is 136 Å². The van der Waals surface area contributed by atoms with Crippen LogP contribution in [0.25, 0.3) is 10.8 Å². The average Bonchev–Trinajstić information content (AvgIpc) is 2.63. The van der Waals surface area contributed by atoms with E-state index in [-0.39, 0.29) is 11.3 Å². The molecule has 120 valence electrons. The van der Waals surface area contributed by atoms with Crippen LogP contribution in [-0.2, 0) is 7.05 Å². The third-order valence-electron chi connectivity index (χ3n) is 3.40. The fourth-order valence-electron chi connectivity index (χ4n) is 2.22. The number of aromatic nitrogens is 3. The van der Waals surface area contributed by atoms with E-state index in [2.05, 4.69) is 20.9 Å². The van der Waals surface area contributed by atoms with Gasteiger partial charge in [-0.25, -0.2) is 4.68 Å². The van der Waals surface area contributed by atoms with Gasteiger partial charge < -0.3 is 0 Å². The molecular weight excluding hydrogens is 310 g/mol. The minimum atomic E-state index is -0.621. The molecule has 2 amide bonds. The number of fused-ring (bicyclic) bond motifs is 1. The largest absolute Gasteiger partial charge is 0.290 e. The van der Waals surface area contributed by atoms with Gasteiger partial charge in [0.15, 0.2) is 5.69 Å². The fourth-order valence-corrected chi connectivity index (χ4v) is 2.22. The second-order valence-corrected chi connectivity index (χ2v) is 4.97. The van der Waals surface area contributed by atoms with Crippen molar-refractivity contribution in [1.82, 2.24) is 25.6 Å². The summed E-state index contributed by atoms with van der Waals surface area (Å²) in [6, 6.07) is 9.68. The van der Waals surface area contributed by atoms with Crippen molar-refractivity contribution in [3.05, 3.63) is 70.4 Å². The predicted molar refractivity (Wildman–Crippen MR) is 86.2 cm³/mol. The van der Waals surface area contributed by atoms with Crippen LogP contribution in [0.3, 0.4) is 0 Å². The Bertz CT molecular complexity index is 982. The summed E-state index contributed by atoms with van der Waals surface area (Å²) in [5.41, 5.74) is 4.69. The lowest BCUT2D eigenvalue weighted by molar-refractivity contribution is 0.0843. The molecule has 0 atom stereocenters. The van der Waals surface area contributed by atoms with E-state index in [1.165, 1.54) is 31.6 Å². The molecule has 2 N–H and O–H groups in total. The number of benzene rings is 1. The van der Waals surface area contributed by atoms with Gasteiger partial charge in [0.25, 0.3) is 17.4 Å². The van der Waals surface area contributed by atoms with E-state index in [9.17, 15) is 14.4 Å². The van der Waals surface area contributed by atoms with Crippen molar-refractivity contribution >= 4 is 22.6 Å². The first-order chi connectivity index (χ1) is 11.6. The minimum absolute atomic E-state index is 0.0442. The molecule has 0 fully saturated rings. The summed E-state index contributed by atoms with van der Waals surface area (Å²) < 4.78 is 1.09. The Kier molecular flexibility index (Phi) is 4.02. The smallest absolute Gasteiger partial charge is 0.267 e. The molecule has 1 aromatic carbocycles. The second-order valence-electron chi connectivity index (χ2n) is 4.97. The molecule has 3 rings (SSSR count). The van der Waals surface area contributed by atoms with Gasteiger partial charge in [-0.2, -0.15) is 5.10 Å². The minimum Gasteiger partial charge on any atom is -0.267 e. The van der Waals surface area contributed by atoms with E-state index >= 15 is 0 Å². The molecule has 8 heteroatoms. The maximum atomic E-state index is 12.3. The maximum Gasteiger partial charge on any atom is 0.290 e. The van der Waals surface area contributed by atoms with Crippen LogP contribution >= 0.6 is 0 Å². The Morgan fingerprint density at radius 3 is 2.29 bits per heavy atom. The Hall–Kier alpha value is -3.55. The summed E-state index contributed by atoms with van der Waals surface area (Å²) in [6.45, 7) is 0.